The standard InChI is InChI=1S/C12H14F2O/c13-11-9(6-7-10(15)12(11)14)8-4-2-1-3-5-8/h6-8,15H,1-5H2. The molecule has 0 radical (unpaired) electrons. The summed E-state index contributed by atoms with van der Waals surface area (Å²) in [5.41, 5.74) is 0.421. The van der Waals surface area contributed by atoms with Gasteiger partial charge in [0.15, 0.2) is 11.6 Å². The lowest BCUT2D eigenvalue weighted by Gasteiger charge is -2.22. The third kappa shape index (κ3) is 1.96. The molecule has 0 atom stereocenters. The second-order valence-electron chi connectivity index (χ2n) is 4.14. The maximum Gasteiger partial charge on any atom is 0.200 e. The van der Waals surface area contributed by atoms with Crippen LogP contribution in [0.5, 0.6) is 5.75 Å². The van der Waals surface area contributed by atoms with Gasteiger partial charge >= 0.3 is 0 Å². The van der Waals surface area contributed by atoms with Gasteiger partial charge in [-0.05, 0) is 30.4 Å². The zero-order valence-corrected chi connectivity index (χ0v) is 8.47. The van der Waals surface area contributed by atoms with E-state index in [4.69, 9.17) is 5.11 Å². The zero-order chi connectivity index (χ0) is 10.8. The van der Waals surface area contributed by atoms with E-state index in [1.165, 1.54) is 18.6 Å². The van der Waals surface area contributed by atoms with Gasteiger partial charge in [-0.15, -0.1) is 0 Å². The number of phenolic OH excluding ortho intramolecular Hbond substituents is 1. The number of aromatic hydroxyl groups is 1. The molecule has 0 aliphatic heterocycles. The second-order valence-corrected chi connectivity index (χ2v) is 4.14. The van der Waals surface area contributed by atoms with Crippen LogP contribution in [0.2, 0.25) is 0 Å². The molecule has 1 nitrogen and oxygen atoms in total. The van der Waals surface area contributed by atoms with Gasteiger partial charge in [-0.25, -0.2) is 4.39 Å². The van der Waals surface area contributed by atoms with Crippen LogP contribution in [-0.4, -0.2) is 5.11 Å². The van der Waals surface area contributed by atoms with E-state index >= 15 is 0 Å². The average molecular weight is 212 g/mol. The molecule has 2 rings (SSSR count). The highest BCUT2D eigenvalue weighted by atomic mass is 19.2. The molecule has 0 heterocycles. The van der Waals surface area contributed by atoms with E-state index in [2.05, 4.69) is 0 Å². The lowest BCUT2D eigenvalue weighted by molar-refractivity contribution is 0.387. The Bertz CT molecular complexity index is 357. The highest BCUT2D eigenvalue weighted by Crippen LogP contribution is 2.35. The normalized spacial score (nSPS) is 18.0. The Morgan fingerprint density at radius 1 is 1.00 bits per heavy atom. The van der Waals surface area contributed by atoms with Crippen LogP contribution in [0.3, 0.4) is 0 Å². The molecule has 1 aromatic carbocycles. The molecule has 0 amide bonds. The average Bonchev–Trinajstić information content (AvgIpc) is 2.27. The minimum Gasteiger partial charge on any atom is -0.505 e. The molecular formula is C12H14F2O. The van der Waals surface area contributed by atoms with Gasteiger partial charge in [0.1, 0.15) is 0 Å². The zero-order valence-electron chi connectivity index (χ0n) is 8.47. The van der Waals surface area contributed by atoms with Crippen molar-refractivity contribution in [3.63, 3.8) is 0 Å². The van der Waals surface area contributed by atoms with Crippen molar-refractivity contribution in [3.05, 3.63) is 29.3 Å². The first-order chi connectivity index (χ1) is 7.20. The van der Waals surface area contributed by atoms with Gasteiger partial charge in [-0.1, -0.05) is 25.3 Å². The van der Waals surface area contributed by atoms with Crippen LogP contribution in [0, 0.1) is 11.6 Å². The van der Waals surface area contributed by atoms with Gasteiger partial charge in [0.25, 0.3) is 0 Å². The smallest absolute Gasteiger partial charge is 0.200 e. The van der Waals surface area contributed by atoms with Crippen molar-refractivity contribution >= 4 is 0 Å². The van der Waals surface area contributed by atoms with Gasteiger partial charge in [-0.2, -0.15) is 4.39 Å². The van der Waals surface area contributed by atoms with Gasteiger partial charge < -0.3 is 5.11 Å². The molecule has 1 aromatic rings. The van der Waals surface area contributed by atoms with E-state index in [0.29, 0.717) is 5.56 Å². The van der Waals surface area contributed by atoms with E-state index in [0.717, 1.165) is 25.7 Å². The van der Waals surface area contributed by atoms with Crippen molar-refractivity contribution in [2.75, 3.05) is 0 Å². The Morgan fingerprint density at radius 2 is 1.67 bits per heavy atom. The number of halogens is 2. The molecule has 82 valence electrons. The van der Waals surface area contributed by atoms with Crippen molar-refractivity contribution in [2.45, 2.75) is 38.0 Å². The minimum atomic E-state index is -1.11. The summed E-state index contributed by atoms with van der Waals surface area (Å²) in [6, 6.07) is 2.74. The summed E-state index contributed by atoms with van der Waals surface area (Å²) >= 11 is 0. The Labute approximate surface area is 87.7 Å². The molecule has 0 spiro atoms. The summed E-state index contributed by atoms with van der Waals surface area (Å²) in [5.74, 6) is -2.47. The molecule has 1 aliphatic carbocycles. The highest BCUT2D eigenvalue weighted by Gasteiger charge is 2.22. The van der Waals surface area contributed by atoms with Crippen LogP contribution < -0.4 is 0 Å². The van der Waals surface area contributed by atoms with E-state index < -0.39 is 17.4 Å². The predicted octanol–water partition coefficient (Wildman–Crippen LogP) is 3.72. The molecule has 0 aromatic heterocycles. The fourth-order valence-electron chi connectivity index (χ4n) is 2.28. The summed E-state index contributed by atoms with van der Waals surface area (Å²) in [5, 5.41) is 9.01. The molecule has 0 bridgehead atoms. The Morgan fingerprint density at radius 3 is 2.33 bits per heavy atom. The molecule has 15 heavy (non-hydrogen) atoms. The van der Waals surface area contributed by atoms with Crippen LogP contribution in [0.1, 0.15) is 43.6 Å². The quantitative estimate of drug-likeness (QED) is 0.752. The number of phenols is 1. The minimum absolute atomic E-state index is 0.119. The van der Waals surface area contributed by atoms with E-state index in [-0.39, 0.29) is 5.92 Å². The molecule has 0 saturated heterocycles. The molecule has 1 fully saturated rings. The molecule has 1 aliphatic rings. The Hall–Kier alpha value is -1.12. The number of rotatable bonds is 1. The molecule has 1 N–H and O–H groups in total. The summed E-state index contributed by atoms with van der Waals surface area (Å²) in [7, 11) is 0. The molecule has 1 saturated carbocycles. The third-order valence-corrected chi connectivity index (χ3v) is 3.14. The van der Waals surface area contributed by atoms with Crippen LogP contribution in [-0.2, 0) is 0 Å². The van der Waals surface area contributed by atoms with Crippen molar-refractivity contribution in [1.82, 2.24) is 0 Å². The highest BCUT2D eigenvalue weighted by molar-refractivity contribution is 5.32. The van der Waals surface area contributed by atoms with Gasteiger partial charge in [0.2, 0.25) is 5.82 Å². The number of benzene rings is 1. The van der Waals surface area contributed by atoms with Gasteiger partial charge in [-0.3, -0.25) is 0 Å². The fourth-order valence-corrected chi connectivity index (χ4v) is 2.28. The molecular weight excluding hydrogens is 198 g/mol. The lowest BCUT2D eigenvalue weighted by Crippen LogP contribution is -2.07. The van der Waals surface area contributed by atoms with Crippen molar-refractivity contribution in [2.24, 2.45) is 0 Å². The number of hydrogen-bond acceptors (Lipinski definition) is 1. The largest absolute Gasteiger partial charge is 0.505 e. The van der Waals surface area contributed by atoms with Crippen molar-refractivity contribution in [1.29, 1.82) is 0 Å². The lowest BCUT2D eigenvalue weighted by atomic mass is 9.84. The first-order valence-electron chi connectivity index (χ1n) is 5.37. The SMILES string of the molecule is Oc1ccc(C2CCCCC2)c(F)c1F. The van der Waals surface area contributed by atoms with Crippen molar-refractivity contribution < 1.29 is 13.9 Å². The van der Waals surface area contributed by atoms with Gasteiger partial charge in [0, 0.05) is 0 Å². The maximum atomic E-state index is 13.5. The summed E-state index contributed by atoms with van der Waals surface area (Å²) in [4.78, 5) is 0. The second kappa shape index (κ2) is 4.17. The summed E-state index contributed by atoms with van der Waals surface area (Å²) in [6.07, 6.45) is 5.17. The topological polar surface area (TPSA) is 20.2 Å². The van der Waals surface area contributed by atoms with E-state index in [9.17, 15) is 8.78 Å². The molecule has 3 heteroatoms. The first kappa shape index (κ1) is 10.4. The monoisotopic (exact) mass is 212 g/mol. The van der Waals surface area contributed by atoms with E-state index in [1.54, 1.807) is 0 Å². The predicted molar refractivity (Wildman–Crippen MR) is 53.8 cm³/mol. The maximum absolute atomic E-state index is 13.5. The van der Waals surface area contributed by atoms with Crippen molar-refractivity contribution in [3.8, 4) is 5.75 Å². The molecule has 0 unspecified atom stereocenters. The van der Waals surface area contributed by atoms with E-state index in [1.807, 2.05) is 0 Å². The Balaban J connectivity index is 2.31. The van der Waals surface area contributed by atoms with Crippen LogP contribution in [0.15, 0.2) is 12.1 Å². The van der Waals surface area contributed by atoms with Gasteiger partial charge in [0.05, 0.1) is 0 Å². The van der Waals surface area contributed by atoms with Crippen LogP contribution >= 0.6 is 0 Å². The first-order valence-corrected chi connectivity index (χ1v) is 5.37. The Kier molecular flexibility index (Phi) is 2.89. The van der Waals surface area contributed by atoms with Crippen LogP contribution in [0.4, 0.5) is 8.78 Å². The third-order valence-electron chi connectivity index (χ3n) is 3.14. The van der Waals surface area contributed by atoms with Crippen LogP contribution in [0.25, 0.3) is 0 Å². The summed E-state index contributed by atoms with van der Waals surface area (Å²) in [6.45, 7) is 0. The summed E-state index contributed by atoms with van der Waals surface area (Å²) < 4.78 is 26.6. The number of hydrogen-bond donors (Lipinski definition) is 1. The fraction of sp³-hybridized carbons (Fsp3) is 0.500.